The maximum atomic E-state index is 5.96. The number of nitrogens with one attached hydrogen (secondary N) is 1. The monoisotopic (exact) mass is 392 g/mol. The van der Waals surface area contributed by atoms with Crippen molar-refractivity contribution in [2.24, 2.45) is 5.10 Å². The molecule has 0 bridgehead atoms. The summed E-state index contributed by atoms with van der Waals surface area (Å²) in [7, 11) is -1.08. The summed E-state index contributed by atoms with van der Waals surface area (Å²) in [5.41, 5.74) is 6.29. The maximum Gasteiger partial charge on any atom is 0.142 e. The number of hydrazone groups is 1. The Kier molecular flexibility index (Phi) is 5.08. The fourth-order valence-corrected chi connectivity index (χ4v) is 4.49. The Morgan fingerprint density at radius 3 is 2.68 bits per heavy atom. The molecule has 3 heterocycles. The summed E-state index contributed by atoms with van der Waals surface area (Å²) in [5, 5.41) is 5.51. The van der Waals surface area contributed by atoms with Gasteiger partial charge in [-0.2, -0.15) is 5.10 Å². The second-order valence-corrected chi connectivity index (χ2v) is 14.3. The van der Waals surface area contributed by atoms with E-state index in [2.05, 4.69) is 82.3 Å². The Bertz CT molecular complexity index is 977. The molecule has 28 heavy (non-hydrogen) atoms. The normalized spacial score (nSPS) is 19.2. The molecule has 0 amide bonds. The molecule has 3 aromatic rings. The Morgan fingerprint density at radius 2 is 1.96 bits per heavy atom. The number of hydrogen-bond acceptors (Lipinski definition) is 4. The number of rotatable bonds is 7. The van der Waals surface area contributed by atoms with E-state index in [4.69, 9.17) is 4.74 Å². The fraction of sp³-hybridized carbons (Fsp3) is 0.364. The minimum absolute atomic E-state index is 0.284. The molecule has 6 heteroatoms. The van der Waals surface area contributed by atoms with Crippen molar-refractivity contribution in [3.8, 4) is 0 Å². The summed E-state index contributed by atoms with van der Waals surface area (Å²) in [6.45, 7) is 9.20. The van der Waals surface area contributed by atoms with Crippen LogP contribution in [-0.4, -0.2) is 37.0 Å². The molecular formula is C22H28N4OSi. The van der Waals surface area contributed by atoms with Crippen LogP contribution in [0.4, 0.5) is 0 Å². The van der Waals surface area contributed by atoms with Crippen LogP contribution in [0.1, 0.15) is 11.1 Å². The van der Waals surface area contributed by atoms with Crippen LogP contribution in [0.3, 0.4) is 0 Å². The number of fused-ring (bicyclic) bond motifs is 1. The van der Waals surface area contributed by atoms with Crippen molar-refractivity contribution in [3.63, 3.8) is 0 Å². The van der Waals surface area contributed by atoms with Gasteiger partial charge in [-0.05, 0) is 29.3 Å². The molecule has 1 aliphatic rings. The van der Waals surface area contributed by atoms with Crippen molar-refractivity contribution >= 4 is 25.3 Å². The van der Waals surface area contributed by atoms with Crippen LogP contribution < -0.4 is 5.43 Å². The molecule has 1 aromatic carbocycles. The van der Waals surface area contributed by atoms with Gasteiger partial charge in [0.05, 0.1) is 12.0 Å². The van der Waals surface area contributed by atoms with Gasteiger partial charge in [0.15, 0.2) is 0 Å². The molecule has 146 valence electrons. The highest BCUT2D eigenvalue weighted by Crippen LogP contribution is 2.36. The van der Waals surface area contributed by atoms with E-state index in [1.165, 1.54) is 17.2 Å². The number of aromatic nitrogens is 2. The van der Waals surface area contributed by atoms with E-state index in [0.29, 0.717) is 6.73 Å². The van der Waals surface area contributed by atoms with Crippen LogP contribution in [0.2, 0.25) is 25.7 Å². The van der Waals surface area contributed by atoms with E-state index in [1.54, 1.807) is 0 Å². The molecule has 1 N–H and O–H groups in total. The zero-order valence-corrected chi connectivity index (χ0v) is 17.9. The smallest absolute Gasteiger partial charge is 0.142 e. The molecule has 1 aliphatic heterocycles. The molecule has 1 unspecified atom stereocenters. The van der Waals surface area contributed by atoms with E-state index in [1.807, 2.05) is 18.5 Å². The molecule has 0 spiro atoms. The molecule has 4 rings (SSSR count). The summed E-state index contributed by atoms with van der Waals surface area (Å²) in [5.74, 6) is 0. The van der Waals surface area contributed by atoms with Crippen LogP contribution in [0.15, 0.2) is 60.0 Å². The van der Waals surface area contributed by atoms with Crippen molar-refractivity contribution in [2.45, 2.75) is 37.8 Å². The van der Waals surface area contributed by atoms with Gasteiger partial charge in [0, 0.05) is 38.7 Å². The van der Waals surface area contributed by atoms with Crippen LogP contribution in [0.25, 0.3) is 11.0 Å². The van der Waals surface area contributed by atoms with Crippen LogP contribution in [-0.2, 0) is 16.9 Å². The largest absolute Gasteiger partial charge is 0.361 e. The molecule has 0 aliphatic carbocycles. The Labute approximate surface area is 167 Å². The second kappa shape index (κ2) is 7.52. The summed E-state index contributed by atoms with van der Waals surface area (Å²) in [4.78, 5) is 4.65. The van der Waals surface area contributed by atoms with E-state index < -0.39 is 8.07 Å². The van der Waals surface area contributed by atoms with E-state index in [9.17, 15) is 0 Å². The average Bonchev–Trinajstić information content (AvgIpc) is 3.33. The second-order valence-electron chi connectivity index (χ2n) is 8.66. The molecule has 0 radical (unpaired) electrons. The first-order chi connectivity index (χ1) is 13.5. The van der Waals surface area contributed by atoms with Gasteiger partial charge in [0.1, 0.15) is 12.4 Å². The lowest BCUT2D eigenvalue weighted by atomic mass is 9.75. The summed E-state index contributed by atoms with van der Waals surface area (Å²) >= 11 is 0. The molecule has 0 saturated heterocycles. The van der Waals surface area contributed by atoms with E-state index in [0.717, 1.165) is 24.2 Å². The molecular weight excluding hydrogens is 364 g/mol. The molecule has 0 saturated carbocycles. The Hall–Kier alpha value is -2.44. The number of nitrogens with zero attached hydrogens (tertiary/aromatic N) is 3. The fourth-order valence-electron chi connectivity index (χ4n) is 3.73. The third-order valence-electron chi connectivity index (χ3n) is 5.39. The highest BCUT2D eigenvalue weighted by molar-refractivity contribution is 6.76. The highest BCUT2D eigenvalue weighted by atomic mass is 28.3. The number of pyridine rings is 1. The quantitative estimate of drug-likeness (QED) is 0.484. The van der Waals surface area contributed by atoms with E-state index in [-0.39, 0.29) is 5.41 Å². The van der Waals surface area contributed by atoms with Gasteiger partial charge >= 0.3 is 0 Å². The third-order valence-corrected chi connectivity index (χ3v) is 7.10. The summed E-state index contributed by atoms with van der Waals surface area (Å²) < 4.78 is 8.05. The van der Waals surface area contributed by atoms with Crippen molar-refractivity contribution in [1.29, 1.82) is 0 Å². The van der Waals surface area contributed by atoms with Crippen LogP contribution >= 0.6 is 0 Å². The maximum absolute atomic E-state index is 5.96. The summed E-state index contributed by atoms with van der Waals surface area (Å²) in [6, 6.07) is 16.0. The zero-order valence-electron chi connectivity index (χ0n) is 16.9. The molecule has 2 aromatic heterocycles. The van der Waals surface area contributed by atoms with Crippen LogP contribution in [0, 0.1) is 0 Å². The predicted molar refractivity (Wildman–Crippen MR) is 118 cm³/mol. The Morgan fingerprint density at radius 1 is 1.14 bits per heavy atom. The standard InChI is InChI=1S/C22H28N4OSi/c1-28(2,3)14-13-27-17-26-12-10-19-20(9-11-23-21(19)26)22(15-24-25-16-22)18-7-5-4-6-8-18/h4-12,15,25H,13-14,16-17H2,1-3H3. The molecule has 1 atom stereocenters. The SMILES string of the molecule is C[Si](C)(C)CCOCn1ccc2c(C3(c4ccccc4)C=NNC3)ccnc21. The first-order valence-corrected chi connectivity index (χ1v) is 13.6. The Balaban J connectivity index is 1.66. The first-order valence-electron chi connectivity index (χ1n) is 9.84. The lowest BCUT2D eigenvalue weighted by Crippen LogP contribution is -2.33. The van der Waals surface area contributed by atoms with Gasteiger partial charge in [-0.3, -0.25) is 0 Å². The number of ether oxygens (including phenoxy) is 1. The van der Waals surface area contributed by atoms with Gasteiger partial charge < -0.3 is 14.7 Å². The van der Waals surface area contributed by atoms with Crippen LogP contribution in [0.5, 0.6) is 0 Å². The zero-order chi connectivity index (χ0) is 19.6. The number of hydrogen-bond donors (Lipinski definition) is 1. The predicted octanol–water partition coefficient (Wildman–Crippen LogP) is 4.22. The topological polar surface area (TPSA) is 51.4 Å². The summed E-state index contributed by atoms with van der Waals surface area (Å²) in [6.07, 6.45) is 6.00. The van der Waals surface area contributed by atoms with Gasteiger partial charge in [-0.1, -0.05) is 50.0 Å². The lowest BCUT2D eigenvalue weighted by Gasteiger charge is -2.27. The first kappa shape index (κ1) is 18.9. The van der Waals surface area contributed by atoms with Gasteiger partial charge in [0.2, 0.25) is 0 Å². The van der Waals surface area contributed by atoms with Crippen molar-refractivity contribution in [1.82, 2.24) is 15.0 Å². The minimum atomic E-state index is -1.08. The van der Waals surface area contributed by atoms with Gasteiger partial charge in [-0.25, -0.2) is 4.98 Å². The highest BCUT2D eigenvalue weighted by Gasteiger charge is 2.37. The average molecular weight is 393 g/mol. The third kappa shape index (κ3) is 3.62. The van der Waals surface area contributed by atoms with E-state index >= 15 is 0 Å². The molecule has 5 nitrogen and oxygen atoms in total. The minimum Gasteiger partial charge on any atom is -0.361 e. The van der Waals surface area contributed by atoms with Crippen molar-refractivity contribution in [3.05, 3.63) is 66.0 Å². The molecule has 0 fully saturated rings. The van der Waals surface area contributed by atoms with Crippen molar-refractivity contribution < 1.29 is 4.74 Å². The lowest BCUT2D eigenvalue weighted by molar-refractivity contribution is 0.0899. The van der Waals surface area contributed by atoms with Crippen molar-refractivity contribution in [2.75, 3.05) is 13.2 Å². The van der Waals surface area contributed by atoms with Gasteiger partial charge in [-0.15, -0.1) is 0 Å². The number of benzene rings is 1. The van der Waals surface area contributed by atoms with Gasteiger partial charge in [0.25, 0.3) is 0 Å².